The molecule has 1 saturated heterocycles. The molecule has 0 atom stereocenters. The summed E-state index contributed by atoms with van der Waals surface area (Å²) in [4.78, 5) is 25.4. The van der Waals surface area contributed by atoms with Crippen LogP contribution in [0.4, 0.5) is 4.79 Å². The van der Waals surface area contributed by atoms with Crippen LogP contribution >= 0.6 is 11.9 Å². The number of hydrogen-bond acceptors (Lipinski definition) is 4. The predicted molar refractivity (Wildman–Crippen MR) is 82.6 cm³/mol. The Balaban J connectivity index is 1.74. The number of carbonyl (C=O) groups excluding carboxylic acids is 2. The van der Waals surface area contributed by atoms with Crippen LogP contribution in [0.25, 0.3) is 0 Å². The molecule has 1 aromatic carbocycles. The van der Waals surface area contributed by atoms with E-state index in [0.717, 1.165) is 5.56 Å². The Labute approximate surface area is 129 Å². The number of hydrogen-bond donors (Lipinski definition) is 1. The first-order valence-electron chi connectivity index (χ1n) is 6.99. The predicted octanol–water partition coefficient (Wildman–Crippen LogP) is 2.43. The average molecular weight is 308 g/mol. The number of nitrogens with zero attached hydrogens (tertiary/aromatic N) is 1. The lowest BCUT2D eigenvalue weighted by atomic mass is 9.97. The minimum atomic E-state index is -0.303. The van der Waals surface area contributed by atoms with E-state index in [-0.39, 0.29) is 24.5 Å². The summed E-state index contributed by atoms with van der Waals surface area (Å²) in [5.41, 5.74) is 0.972. The molecule has 114 valence electrons. The van der Waals surface area contributed by atoms with Gasteiger partial charge in [0.15, 0.2) is 0 Å². The lowest BCUT2D eigenvalue weighted by molar-refractivity contribution is -0.124. The number of nitrogens with one attached hydrogen (secondary N) is 1. The molecule has 2 amide bonds. The van der Waals surface area contributed by atoms with E-state index in [1.165, 1.54) is 11.9 Å². The quantitative estimate of drug-likeness (QED) is 0.868. The Morgan fingerprint density at radius 1 is 1.29 bits per heavy atom. The fraction of sp³-hybridized carbons (Fsp3) is 0.467. The molecule has 1 heterocycles. The fourth-order valence-electron chi connectivity index (χ4n) is 2.32. The second kappa shape index (κ2) is 7.93. The van der Waals surface area contributed by atoms with Gasteiger partial charge in [-0.25, -0.2) is 4.79 Å². The number of rotatable bonds is 4. The van der Waals surface area contributed by atoms with Crippen molar-refractivity contribution >= 4 is 23.9 Å². The molecule has 0 radical (unpaired) electrons. The van der Waals surface area contributed by atoms with Crippen LogP contribution in [0, 0.1) is 5.92 Å². The number of benzene rings is 1. The normalized spacial score (nSPS) is 15.6. The Bertz CT molecular complexity index is 473. The summed E-state index contributed by atoms with van der Waals surface area (Å²) < 4.78 is 8.04. The summed E-state index contributed by atoms with van der Waals surface area (Å²) in [6.45, 7) is 1.42. The highest BCUT2D eigenvalue weighted by atomic mass is 32.2. The maximum Gasteiger partial charge on any atom is 0.410 e. The molecule has 0 unspecified atom stereocenters. The molecule has 0 spiro atoms. The minimum absolute atomic E-state index is 0.00405. The minimum Gasteiger partial charge on any atom is -0.445 e. The molecule has 1 fully saturated rings. The molecule has 1 N–H and O–H groups in total. The van der Waals surface area contributed by atoms with Gasteiger partial charge in [0.1, 0.15) is 6.61 Å². The molecule has 0 saturated carbocycles. The summed E-state index contributed by atoms with van der Waals surface area (Å²) in [5, 5.41) is 0. The van der Waals surface area contributed by atoms with Crippen molar-refractivity contribution in [1.29, 1.82) is 0 Å². The van der Waals surface area contributed by atoms with Gasteiger partial charge in [0, 0.05) is 25.3 Å². The van der Waals surface area contributed by atoms with Gasteiger partial charge in [-0.2, -0.15) is 0 Å². The smallest absolute Gasteiger partial charge is 0.410 e. The summed E-state index contributed by atoms with van der Waals surface area (Å²) in [7, 11) is 0. The van der Waals surface area contributed by atoms with Crippen molar-refractivity contribution in [1.82, 2.24) is 9.62 Å². The van der Waals surface area contributed by atoms with E-state index in [4.69, 9.17) is 4.74 Å². The van der Waals surface area contributed by atoms with Gasteiger partial charge >= 0.3 is 6.09 Å². The first kappa shape index (κ1) is 15.7. The molecule has 5 nitrogen and oxygen atoms in total. The van der Waals surface area contributed by atoms with E-state index in [9.17, 15) is 9.59 Å². The van der Waals surface area contributed by atoms with E-state index in [1.54, 1.807) is 4.90 Å². The van der Waals surface area contributed by atoms with Crippen molar-refractivity contribution in [3.8, 4) is 0 Å². The maximum atomic E-state index is 12.0. The summed E-state index contributed by atoms with van der Waals surface area (Å²) in [6.07, 6.45) is 2.90. The zero-order valence-corrected chi connectivity index (χ0v) is 12.9. The van der Waals surface area contributed by atoms with Gasteiger partial charge in [-0.15, -0.1) is 0 Å². The number of piperidine rings is 1. The Kier molecular flexibility index (Phi) is 5.92. The van der Waals surface area contributed by atoms with Crippen LogP contribution in [-0.4, -0.2) is 36.2 Å². The van der Waals surface area contributed by atoms with Crippen LogP contribution in [0.5, 0.6) is 0 Å². The highest BCUT2D eigenvalue weighted by Gasteiger charge is 2.27. The third-order valence-corrected chi connectivity index (χ3v) is 3.94. The van der Waals surface area contributed by atoms with Gasteiger partial charge in [-0.3, -0.25) is 4.79 Å². The van der Waals surface area contributed by atoms with Gasteiger partial charge < -0.3 is 14.4 Å². The molecule has 2 rings (SSSR count). The Hall–Kier alpha value is -1.69. The third kappa shape index (κ3) is 4.67. The SMILES string of the molecule is CSNC(=O)C1CCN(C(=O)OCc2ccccc2)CC1. The van der Waals surface area contributed by atoms with Gasteiger partial charge in [0.05, 0.1) is 0 Å². The van der Waals surface area contributed by atoms with Gasteiger partial charge in [0.25, 0.3) is 0 Å². The highest BCUT2D eigenvalue weighted by molar-refractivity contribution is 7.97. The van der Waals surface area contributed by atoms with Crippen molar-refractivity contribution < 1.29 is 14.3 Å². The lowest BCUT2D eigenvalue weighted by Gasteiger charge is -2.30. The molecule has 1 aromatic rings. The molecule has 0 aromatic heterocycles. The molecule has 1 aliphatic rings. The third-order valence-electron chi connectivity index (χ3n) is 3.53. The molecule has 1 aliphatic heterocycles. The van der Waals surface area contributed by atoms with Crippen LogP contribution in [0.1, 0.15) is 18.4 Å². The van der Waals surface area contributed by atoms with Gasteiger partial charge in [-0.1, -0.05) is 42.3 Å². The average Bonchev–Trinajstić information content (AvgIpc) is 2.54. The number of carbonyl (C=O) groups is 2. The zero-order chi connectivity index (χ0) is 15.1. The summed E-state index contributed by atoms with van der Waals surface area (Å²) >= 11 is 1.31. The summed E-state index contributed by atoms with van der Waals surface area (Å²) in [5.74, 6) is 0.0513. The Morgan fingerprint density at radius 3 is 2.57 bits per heavy atom. The first-order valence-corrected chi connectivity index (χ1v) is 8.21. The zero-order valence-electron chi connectivity index (χ0n) is 12.1. The monoisotopic (exact) mass is 308 g/mol. The Morgan fingerprint density at radius 2 is 1.95 bits per heavy atom. The molecule has 0 bridgehead atoms. The van der Waals surface area contributed by atoms with E-state index < -0.39 is 0 Å². The van der Waals surface area contributed by atoms with Crippen molar-refractivity contribution in [3.05, 3.63) is 35.9 Å². The number of amides is 2. The largest absolute Gasteiger partial charge is 0.445 e. The van der Waals surface area contributed by atoms with E-state index >= 15 is 0 Å². The van der Waals surface area contributed by atoms with Crippen LogP contribution in [0.2, 0.25) is 0 Å². The first-order chi connectivity index (χ1) is 10.2. The lowest BCUT2D eigenvalue weighted by Crippen LogP contribution is -2.42. The second-order valence-electron chi connectivity index (χ2n) is 4.97. The van der Waals surface area contributed by atoms with Crippen LogP contribution < -0.4 is 4.72 Å². The van der Waals surface area contributed by atoms with Crippen molar-refractivity contribution in [2.75, 3.05) is 19.3 Å². The van der Waals surface area contributed by atoms with Crippen molar-refractivity contribution in [2.24, 2.45) is 5.92 Å². The molecule has 0 aliphatic carbocycles. The van der Waals surface area contributed by atoms with Crippen LogP contribution in [0.15, 0.2) is 30.3 Å². The van der Waals surface area contributed by atoms with Gasteiger partial charge in [0.2, 0.25) is 5.91 Å². The second-order valence-corrected chi connectivity index (χ2v) is 5.58. The van der Waals surface area contributed by atoms with Crippen LogP contribution in [-0.2, 0) is 16.1 Å². The number of ether oxygens (including phenoxy) is 1. The molecule has 6 heteroatoms. The van der Waals surface area contributed by atoms with E-state index in [0.29, 0.717) is 25.9 Å². The van der Waals surface area contributed by atoms with Crippen molar-refractivity contribution in [2.45, 2.75) is 19.4 Å². The summed E-state index contributed by atoms with van der Waals surface area (Å²) in [6, 6.07) is 9.60. The van der Waals surface area contributed by atoms with E-state index in [1.807, 2.05) is 36.6 Å². The standard InChI is InChI=1S/C15H20N2O3S/c1-21-16-14(18)13-7-9-17(10-8-13)15(19)20-11-12-5-3-2-4-6-12/h2-6,13H,7-11H2,1H3,(H,16,18). The van der Waals surface area contributed by atoms with E-state index in [2.05, 4.69) is 4.72 Å². The van der Waals surface area contributed by atoms with Crippen molar-refractivity contribution in [3.63, 3.8) is 0 Å². The topological polar surface area (TPSA) is 58.6 Å². The molecular formula is C15H20N2O3S. The number of likely N-dealkylation sites (tertiary alicyclic amines) is 1. The van der Waals surface area contributed by atoms with Crippen LogP contribution in [0.3, 0.4) is 0 Å². The maximum absolute atomic E-state index is 12.0. The molecule has 21 heavy (non-hydrogen) atoms. The fourth-order valence-corrected chi connectivity index (χ4v) is 2.69. The highest BCUT2D eigenvalue weighted by Crippen LogP contribution is 2.19. The van der Waals surface area contributed by atoms with Gasteiger partial charge in [-0.05, 0) is 18.4 Å². The molecular weight excluding hydrogens is 288 g/mol.